The summed E-state index contributed by atoms with van der Waals surface area (Å²) in [5, 5.41) is 15.6. The van der Waals surface area contributed by atoms with Gasteiger partial charge >= 0.3 is 6.03 Å². The summed E-state index contributed by atoms with van der Waals surface area (Å²) in [5.41, 5.74) is 10.2. The minimum absolute atomic E-state index is 0.470. The number of hydrogen-bond acceptors (Lipinski definition) is 3. The van der Waals surface area contributed by atoms with E-state index in [-0.39, 0.29) is 0 Å². The van der Waals surface area contributed by atoms with Crippen molar-refractivity contribution in [2.24, 2.45) is 11.5 Å². The summed E-state index contributed by atoms with van der Waals surface area (Å²) < 4.78 is 0. The van der Waals surface area contributed by atoms with Crippen molar-refractivity contribution >= 4 is 11.7 Å². The lowest BCUT2D eigenvalue weighted by Gasteiger charge is -1.84. The van der Waals surface area contributed by atoms with Crippen molar-refractivity contribution in [1.82, 2.24) is 4.98 Å². The second-order valence-electron chi connectivity index (χ2n) is 2.44. The highest BCUT2D eigenvalue weighted by Gasteiger charge is 1.97. The van der Waals surface area contributed by atoms with E-state index in [9.17, 15) is 0 Å². The SMILES string of the molecule is CC(=N)c1c[nH]c(C#N)c1.NC(N)=O. The standard InChI is InChI=1S/C7H7N3.CH4N2O/c1-5(9)6-2-7(3-8)10-4-6;2-1(3)4/h2,4,9-10H,1H3;(H4,2,3,4). The van der Waals surface area contributed by atoms with Gasteiger partial charge in [-0.15, -0.1) is 0 Å². The van der Waals surface area contributed by atoms with E-state index in [0.717, 1.165) is 5.56 Å². The fraction of sp³-hybridized carbons (Fsp3) is 0.125. The fourth-order valence-electron chi connectivity index (χ4n) is 0.675. The number of carbonyl (C=O) groups is 1. The van der Waals surface area contributed by atoms with Gasteiger partial charge in [-0.1, -0.05) is 0 Å². The third-order valence-electron chi connectivity index (χ3n) is 1.24. The molecule has 0 aromatic carbocycles. The zero-order valence-electron chi connectivity index (χ0n) is 7.66. The maximum Gasteiger partial charge on any atom is 0.309 e. The van der Waals surface area contributed by atoms with Crippen LogP contribution < -0.4 is 11.5 Å². The molecule has 1 heterocycles. The molecule has 0 spiro atoms. The van der Waals surface area contributed by atoms with Gasteiger partial charge in [-0.2, -0.15) is 5.26 Å². The summed E-state index contributed by atoms with van der Waals surface area (Å²) >= 11 is 0. The summed E-state index contributed by atoms with van der Waals surface area (Å²) in [4.78, 5) is 11.7. The Morgan fingerprint density at radius 1 is 1.64 bits per heavy atom. The Hall–Kier alpha value is -2.29. The molecule has 1 aromatic heterocycles. The number of rotatable bonds is 1. The van der Waals surface area contributed by atoms with Gasteiger partial charge in [0.25, 0.3) is 0 Å². The van der Waals surface area contributed by atoms with Gasteiger partial charge in [-0.3, -0.25) is 0 Å². The van der Waals surface area contributed by atoms with Crippen LogP contribution in [0.25, 0.3) is 0 Å². The lowest BCUT2D eigenvalue weighted by molar-refractivity contribution is 0.256. The van der Waals surface area contributed by atoms with Crippen LogP contribution in [-0.2, 0) is 0 Å². The topological polar surface area (TPSA) is 133 Å². The number of primary amides is 2. The Morgan fingerprint density at radius 3 is 2.36 bits per heavy atom. The Balaban J connectivity index is 0.000000364. The van der Waals surface area contributed by atoms with Crippen LogP contribution in [0.4, 0.5) is 4.79 Å². The number of carbonyl (C=O) groups excluding carboxylic acids is 1. The lowest BCUT2D eigenvalue weighted by atomic mass is 10.2. The van der Waals surface area contributed by atoms with E-state index in [1.807, 2.05) is 6.07 Å². The van der Waals surface area contributed by atoms with Crippen molar-refractivity contribution in [2.75, 3.05) is 0 Å². The molecule has 1 aromatic rings. The minimum atomic E-state index is -0.833. The molecule has 0 aliphatic heterocycles. The van der Waals surface area contributed by atoms with Gasteiger partial charge < -0.3 is 21.9 Å². The van der Waals surface area contributed by atoms with Crippen LogP contribution >= 0.6 is 0 Å². The highest BCUT2D eigenvalue weighted by atomic mass is 16.2. The third kappa shape index (κ3) is 4.56. The van der Waals surface area contributed by atoms with E-state index < -0.39 is 6.03 Å². The summed E-state index contributed by atoms with van der Waals surface area (Å²) in [6.45, 7) is 1.68. The highest BCUT2D eigenvalue weighted by Crippen LogP contribution is 2.01. The van der Waals surface area contributed by atoms with Crippen LogP contribution in [0.3, 0.4) is 0 Å². The molecule has 0 fully saturated rings. The summed E-state index contributed by atoms with van der Waals surface area (Å²) in [6.07, 6.45) is 1.65. The quantitative estimate of drug-likeness (QED) is 0.477. The molecule has 6 nitrogen and oxygen atoms in total. The molecule has 0 bridgehead atoms. The zero-order chi connectivity index (χ0) is 11.1. The van der Waals surface area contributed by atoms with Crippen LogP contribution in [0.15, 0.2) is 12.3 Å². The zero-order valence-corrected chi connectivity index (χ0v) is 7.66. The number of nitrogens with one attached hydrogen (secondary N) is 2. The number of nitriles is 1. The Morgan fingerprint density at radius 2 is 2.14 bits per heavy atom. The lowest BCUT2D eigenvalue weighted by Crippen LogP contribution is -2.18. The van der Waals surface area contributed by atoms with Crippen molar-refractivity contribution < 1.29 is 4.79 Å². The Labute approximate surface area is 81.0 Å². The number of urea groups is 1. The van der Waals surface area contributed by atoms with Gasteiger partial charge in [0.1, 0.15) is 11.8 Å². The number of nitrogens with zero attached hydrogens (tertiary/aromatic N) is 1. The van der Waals surface area contributed by atoms with E-state index in [2.05, 4.69) is 16.5 Å². The Kier molecular flexibility index (Phi) is 4.49. The predicted octanol–water partition coefficient (Wildman–Crippen LogP) is 0.298. The average Bonchev–Trinajstić information content (AvgIpc) is 2.50. The van der Waals surface area contributed by atoms with Crippen LogP contribution in [0.5, 0.6) is 0 Å². The number of amides is 2. The molecule has 2 amide bonds. The molecule has 74 valence electrons. The maximum absolute atomic E-state index is 9.00. The maximum atomic E-state index is 9.00. The average molecular weight is 193 g/mol. The first-order valence-corrected chi connectivity index (χ1v) is 3.66. The second-order valence-corrected chi connectivity index (χ2v) is 2.44. The second kappa shape index (κ2) is 5.37. The molecule has 0 aliphatic rings. The van der Waals surface area contributed by atoms with E-state index in [1.165, 1.54) is 0 Å². The highest BCUT2D eigenvalue weighted by molar-refractivity contribution is 5.96. The normalized spacial score (nSPS) is 8.00. The van der Waals surface area contributed by atoms with Crippen molar-refractivity contribution in [1.29, 1.82) is 10.7 Å². The van der Waals surface area contributed by atoms with Crippen molar-refractivity contribution in [2.45, 2.75) is 6.92 Å². The van der Waals surface area contributed by atoms with Crippen molar-refractivity contribution in [3.8, 4) is 6.07 Å². The van der Waals surface area contributed by atoms with Gasteiger partial charge in [0, 0.05) is 17.5 Å². The third-order valence-corrected chi connectivity index (χ3v) is 1.24. The molecule has 0 atom stereocenters. The first kappa shape index (κ1) is 11.7. The molecule has 0 saturated carbocycles. The monoisotopic (exact) mass is 193 g/mol. The van der Waals surface area contributed by atoms with Gasteiger partial charge in [-0.05, 0) is 13.0 Å². The largest absolute Gasteiger partial charge is 0.352 e. The smallest absolute Gasteiger partial charge is 0.309 e. The van der Waals surface area contributed by atoms with E-state index >= 15 is 0 Å². The number of aromatic nitrogens is 1. The molecule has 6 heteroatoms. The molecule has 14 heavy (non-hydrogen) atoms. The first-order chi connectivity index (χ1) is 6.47. The molecule has 0 saturated heterocycles. The molecule has 0 radical (unpaired) electrons. The van der Waals surface area contributed by atoms with Crippen LogP contribution in [0.1, 0.15) is 18.2 Å². The molecule has 0 unspecified atom stereocenters. The summed E-state index contributed by atoms with van der Waals surface area (Å²) in [6, 6.07) is 2.77. The van der Waals surface area contributed by atoms with Crippen molar-refractivity contribution in [3.63, 3.8) is 0 Å². The number of H-pyrrole nitrogens is 1. The van der Waals surface area contributed by atoms with Gasteiger partial charge in [0.15, 0.2) is 0 Å². The first-order valence-electron chi connectivity index (χ1n) is 3.66. The number of hydrogen-bond donors (Lipinski definition) is 4. The number of nitrogens with two attached hydrogens (primary N) is 2. The summed E-state index contributed by atoms with van der Waals surface area (Å²) in [5.74, 6) is 0. The van der Waals surface area contributed by atoms with Gasteiger partial charge in [0.2, 0.25) is 0 Å². The molecular weight excluding hydrogens is 182 g/mol. The summed E-state index contributed by atoms with van der Waals surface area (Å²) in [7, 11) is 0. The molecule has 1 rings (SSSR count). The van der Waals surface area contributed by atoms with Crippen LogP contribution in [-0.4, -0.2) is 16.7 Å². The van der Waals surface area contributed by atoms with Crippen molar-refractivity contribution in [3.05, 3.63) is 23.5 Å². The van der Waals surface area contributed by atoms with Gasteiger partial charge in [-0.25, -0.2) is 4.79 Å². The molecule has 6 N–H and O–H groups in total. The fourth-order valence-corrected chi connectivity index (χ4v) is 0.675. The minimum Gasteiger partial charge on any atom is -0.352 e. The van der Waals surface area contributed by atoms with E-state index in [0.29, 0.717) is 11.4 Å². The molecular formula is C8H11N5O. The molecule has 0 aliphatic carbocycles. The predicted molar refractivity (Wildman–Crippen MR) is 51.8 cm³/mol. The van der Waals surface area contributed by atoms with E-state index in [4.69, 9.17) is 15.5 Å². The van der Waals surface area contributed by atoms with Crippen LogP contribution in [0, 0.1) is 16.7 Å². The van der Waals surface area contributed by atoms with Crippen LogP contribution in [0.2, 0.25) is 0 Å². The number of aromatic amines is 1. The van der Waals surface area contributed by atoms with Gasteiger partial charge in [0.05, 0.1) is 0 Å². The van der Waals surface area contributed by atoms with E-state index in [1.54, 1.807) is 19.2 Å². The Bertz CT molecular complexity index is 369.